The molecular formula is C39H32N6Na4O17S4. The standard InChI is InChI=1S/C39H36N6O17S4.4Na/c1-19-29(42-44-31-15-25(65(53,54)55)13-21-11-23(63(47,48)49)7-9-27(21)31)17-33(59-3)35(37(19)61-5)40-39(46)41-36-34(60-4)18-30(20(2)38(36)62-6)43-45-32-16-26(66(56,57)58)14-22-12-24(64(50,51)52)8-10-28(22)32;;;;/h7-18H,1-6H3,(H2,40,41,46)(H,47,48,49)(H,50,51,52)(H,53,54,55)(H,56,57,58);;;;/q;4*+1/p-4. The summed E-state index contributed by atoms with van der Waals surface area (Å²) in [6.07, 6.45) is 0. The SMILES string of the molecule is COc1cc(N=Nc2cc(S(=O)(=O)[O-])cc3cc(S(=O)(=O)[O-])ccc23)c(C)c(OC)c1NC(=O)Nc1c(OC)cc(N=Nc2cc(S(=O)(=O)[O-])cc3cc(S(=O)(=O)[O-])ccc23)c(C)c1OC.[Na+].[Na+].[Na+].[Na+]. The number of rotatable bonds is 14. The molecule has 23 nitrogen and oxygen atoms in total. The number of benzene rings is 6. The molecule has 0 fully saturated rings. The Kier molecular flexibility index (Phi) is 22.5. The minimum absolute atomic E-state index is 0. The van der Waals surface area contributed by atoms with Gasteiger partial charge in [0.1, 0.15) is 63.3 Å². The van der Waals surface area contributed by atoms with E-state index in [1.165, 1.54) is 66.6 Å². The molecule has 2 amide bonds. The fraction of sp³-hybridized carbons (Fsp3) is 0.154. The summed E-state index contributed by atoms with van der Waals surface area (Å²) in [6, 6.07) is 11.6. The first-order valence-corrected chi connectivity index (χ1v) is 23.8. The number of fused-ring (bicyclic) bond motifs is 2. The van der Waals surface area contributed by atoms with Crippen LogP contribution < -0.4 is 148 Å². The molecule has 0 heterocycles. The normalized spacial score (nSPS) is 11.8. The van der Waals surface area contributed by atoms with E-state index < -0.39 is 66.1 Å². The van der Waals surface area contributed by atoms with Crippen LogP contribution in [-0.4, -0.2) is 86.4 Å². The number of nitrogens with one attached hydrogen (secondary N) is 2. The number of azo groups is 2. The molecule has 0 aliphatic carbocycles. The number of urea groups is 1. The first-order chi connectivity index (χ1) is 30.8. The second kappa shape index (κ2) is 24.9. The largest absolute Gasteiger partial charge is 1.00 e. The molecule has 0 radical (unpaired) electrons. The number of hydrogen-bond acceptors (Lipinski definition) is 21. The average Bonchev–Trinajstić information content (AvgIpc) is 3.24. The van der Waals surface area contributed by atoms with Gasteiger partial charge in [-0.25, -0.2) is 38.5 Å². The van der Waals surface area contributed by atoms with E-state index in [4.69, 9.17) is 18.9 Å². The van der Waals surface area contributed by atoms with E-state index in [1.54, 1.807) is 0 Å². The fourth-order valence-electron chi connectivity index (χ4n) is 6.56. The topological polar surface area (TPSA) is 356 Å². The van der Waals surface area contributed by atoms with Crippen molar-refractivity contribution in [1.82, 2.24) is 0 Å². The summed E-state index contributed by atoms with van der Waals surface area (Å²) >= 11 is 0. The molecule has 348 valence electrons. The molecule has 0 saturated carbocycles. The second-order valence-corrected chi connectivity index (χ2v) is 19.2. The van der Waals surface area contributed by atoms with Crippen molar-refractivity contribution >= 4 is 102 Å². The molecule has 0 aliphatic heterocycles. The Bertz CT molecular complexity index is 3310. The first-order valence-electron chi connectivity index (χ1n) is 18.2. The van der Waals surface area contributed by atoms with Crippen LogP contribution in [0.2, 0.25) is 0 Å². The van der Waals surface area contributed by atoms with E-state index in [1.807, 2.05) is 0 Å². The second-order valence-electron chi connectivity index (χ2n) is 13.7. The summed E-state index contributed by atoms with van der Waals surface area (Å²) in [5.74, 6) is -0.0124. The van der Waals surface area contributed by atoms with Gasteiger partial charge in [0.2, 0.25) is 0 Å². The van der Waals surface area contributed by atoms with Gasteiger partial charge in [0.15, 0.2) is 11.5 Å². The zero-order valence-corrected chi connectivity index (χ0v) is 50.1. The zero-order chi connectivity index (χ0) is 48.7. The minimum atomic E-state index is -5.10. The molecule has 31 heteroatoms. The number of hydrogen-bond donors (Lipinski definition) is 2. The van der Waals surface area contributed by atoms with Crippen LogP contribution in [0.5, 0.6) is 23.0 Å². The molecule has 70 heavy (non-hydrogen) atoms. The number of nitrogens with zero attached hydrogens (tertiary/aromatic N) is 4. The zero-order valence-electron chi connectivity index (χ0n) is 38.8. The van der Waals surface area contributed by atoms with Crippen LogP contribution in [0.1, 0.15) is 11.1 Å². The third kappa shape index (κ3) is 14.3. The Morgan fingerprint density at radius 2 is 0.743 bits per heavy atom. The maximum absolute atomic E-state index is 13.7. The van der Waals surface area contributed by atoms with E-state index in [0.29, 0.717) is 0 Å². The van der Waals surface area contributed by atoms with Gasteiger partial charge in [-0.05, 0) is 73.2 Å². The van der Waals surface area contributed by atoms with Crippen molar-refractivity contribution < 1.29 is 194 Å². The maximum Gasteiger partial charge on any atom is 1.00 e. The van der Waals surface area contributed by atoms with Gasteiger partial charge in [-0.3, -0.25) is 0 Å². The quantitative estimate of drug-likeness (QED) is 0.0585. The van der Waals surface area contributed by atoms with Gasteiger partial charge in [-0.2, -0.15) is 0 Å². The van der Waals surface area contributed by atoms with Gasteiger partial charge >= 0.3 is 124 Å². The molecular weight excluding hydrogens is 1040 g/mol. The first kappa shape index (κ1) is 63.3. The van der Waals surface area contributed by atoms with Gasteiger partial charge in [0.25, 0.3) is 0 Å². The van der Waals surface area contributed by atoms with Crippen LogP contribution in [0.4, 0.5) is 38.9 Å². The summed E-state index contributed by atoms with van der Waals surface area (Å²) in [5.41, 5.74) is 0.251. The summed E-state index contributed by atoms with van der Waals surface area (Å²) in [7, 11) is -15.0. The smallest absolute Gasteiger partial charge is 0.744 e. The molecule has 6 rings (SSSR count). The number of ether oxygens (including phenoxy) is 4. The molecule has 0 bridgehead atoms. The predicted molar refractivity (Wildman–Crippen MR) is 229 cm³/mol. The van der Waals surface area contributed by atoms with E-state index in [9.17, 15) is 56.7 Å². The number of carbonyl (C=O) groups excluding carboxylic acids is 1. The molecule has 6 aromatic rings. The molecule has 0 aliphatic rings. The fourth-order valence-corrected chi connectivity index (χ4v) is 8.62. The Hall–Kier alpha value is -2.85. The molecule has 0 atom stereocenters. The molecule has 6 aromatic carbocycles. The van der Waals surface area contributed by atoms with Crippen molar-refractivity contribution in [3.05, 3.63) is 83.9 Å². The van der Waals surface area contributed by atoms with Crippen LogP contribution in [0.25, 0.3) is 21.5 Å². The summed E-state index contributed by atoms with van der Waals surface area (Å²) in [5, 5.41) is 22.0. The van der Waals surface area contributed by atoms with Crippen molar-refractivity contribution in [3.8, 4) is 23.0 Å². The van der Waals surface area contributed by atoms with Crippen molar-refractivity contribution in [3.63, 3.8) is 0 Å². The van der Waals surface area contributed by atoms with Crippen LogP contribution in [-0.2, 0) is 40.5 Å². The number of carbonyl (C=O) groups is 1. The van der Waals surface area contributed by atoms with Crippen molar-refractivity contribution in [2.24, 2.45) is 20.5 Å². The molecule has 0 unspecified atom stereocenters. The average molecular weight is 1080 g/mol. The molecule has 0 aromatic heterocycles. The van der Waals surface area contributed by atoms with E-state index in [-0.39, 0.29) is 208 Å². The van der Waals surface area contributed by atoms with Crippen LogP contribution in [0.3, 0.4) is 0 Å². The Labute approximate surface area is 489 Å². The van der Waals surface area contributed by atoms with Crippen molar-refractivity contribution in [2.75, 3.05) is 39.1 Å². The monoisotopic (exact) mass is 1080 g/mol. The summed E-state index contributed by atoms with van der Waals surface area (Å²) in [6.45, 7) is 3.07. The van der Waals surface area contributed by atoms with Gasteiger partial charge in [0, 0.05) is 34.0 Å². The van der Waals surface area contributed by atoms with E-state index >= 15 is 0 Å². The van der Waals surface area contributed by atoms with E-state index in [0.717, 1.165) is 48.5 Å². The minimum Gasteiger partial charge on any atom is -0.744 e. The third-order valence-corrected chi connectivity index (χ3v) is 13.0. The number of anilines is 2. The molecule has 0 saturated heterocycles. The van der Waals surface area contributed by atoms with E-state index in [2.05, 4.69) is 31.1 Å². The Balaban J connectivity index is 0.00000420. The van der Waals surface area contributed by atoms with Crippen LogP contribution in [0, 0.1) is 13.8 Å². The van der Waals surface area contributed by atoms with Gasteiger partial charge in [-0.1, -0.05) is 12.1 Å². The predicted octanol–water partition coefficient (Wildman–Crippen LogP) is -5.25. The summed E-state index contributed by atoms with van der Waals surface area (Å²) < 4.78 is 164. The molecule has 0 spiro atoms. The Morgan fingerprint density at radius 1 is 0.443 bits per heavy atom. The van der Waals surface area contributed by atoms with Crippen LogP contribution in [0.15, 0.2) is 113 Å². The number of methoxy groups -OCH3 is 4. The van der Waals surface area contributed by atoms with Crippen molar-refractivity contribution in [2.45, 2.75) is 33.4 Å². The summed E-state index contributed by atoms with van der Waals surface area (Å²) in [4.78, 5) is 10.8. The van der Waals surface area contributed by atoms with Gasteiger partial charge < -0.3 is 47.8 Å². The van der Waals surface area contributed by atoms with Crippen LogP contribution >= 0.6 is 0 Å². The Morgan fingerprint density at radius 3 is 1.03 bits per heavy atom. The van der Waals surface area contributed by atoms with Gasteiger partial charge in [0.05, 0.1) is 70.8 Å². The number of amides is 2. The molecule has 2 N–H and O–H groups in total. The van der Waals surface area contributed by atoms with Gasteiger partial charge in [-0.15, -0.1) is 20.5 Å². The van der Waals surface area contributed by atoms with Crippen molar-refractivity contribution in [1.29, 1.82) is 0 Å². The third-order valence-electron chi connectivity index (χ3n) is 9.69. The maximum atomic E-state index is 13.7.